The van der Waals surface area contributed by atoms with E-state index in [1.807, 2.05) is 0 Å². The zero-order valence-electron chi connectivity index (χ0n) is 9.84. The number of terminal acetylenes is 1. The normalized spacial score (nSPS) is 28.3. The molecule has 1 aliphatic heterocycles. The Kier molecular flexibility index (Phi) is 5.14. The van der Waals surface area contributed by atoms with Crippen LogP contribution in [0.4, 0.5) is 0 Å². The smallest absolute Gasteiger partial charge is 0.0660 e. The second-order valence-corrected chi connectivity index (χ2v) is 4.57. The summed E-state index contributed by atoms with van der Waals surface area (Å²) in [6.45, 7) is 5.44. The first-order chi connectivity index (χ1) is 7.20. The van der Waals surface area contributed by atoms with E-state index in [-0.39, 0.29) is 0 Å². The molecular weight excluding hydrogens is 186 g/mol. The summed E-state index contributed by atoms with van der Waals surface area (Å²) in [6.07, 6.45) is 10.8. The van der Waals surface area contributed by atoms with E-state index in [9.17, 15) is 5.11 Å². The van der Waals surface area contributed by atoms with Gasteiger partial charge < -0.3 is 10.0 Å². The molecule has 0 amide bonds. The Morgan fingerprint density at radius 1 is 1.40 bits per heavy atom. The van der Waals surface area contributed by atoms with Gasteiger partial charge in [0, 0.05) is 13.0 Å². The van der Waals surface area contributed by atoms with Gasteiger partial charge in [-0.2, -0.15) is 0 Å². The Morgan fingerprint density at radius 2 is 2.20 bits per heavy atom. The molecule has 0 radical (unpaired) electrons. The highest BCUT2D eigenvalue weighted by Crippen LogP contribution is 2.27. The van der Waals surface area contributed by atoms with Crippen LogP contribution in [0.2, 0.25) is 0 Å². The van der Waals surface area contributed by atoms with E-state index < -0.39 is 5.60 Å². The van der Waals surface area contributed by atoms with Gasteiger partial charge in [-0.15, -0.1) is 12.3 Å². The molecule has 0 aromatic rings. The molecule has 1 N–H and O–H groups in total. The zero-order valence-corrected chi connectivity index (χ0v) is 9.84. The van der Waals surface area contributed by atoms with E-state index in [0.717, 1.165) is 58.2 Å². The molecule has 1 heterocycles. The Labute approximate surface area is 93.7 Å². The number of likely N-dealkylation sites (tertiary alicyclic amines) is 1. The van der Waals surface area contributed by atoms with Crippen molar-refractivity contribution in [2.75, 3.05) is 19.6 Å². The van der Waals surface area contributed by atoms with Crippen LogP contribution in [0.5, 0.6) is 0 Å². The van der Waals surface area contributed by atoms with E-state index in [0.29, 0.717) is 0 Å². The van der Waals surface area contributed by atoms with Crippen LogP contribution in [0.15, 0.2) is 0 Å². The summed E-state index contributed by atoms with van der Waals surface area (Å²) in [6, 6.07) is 0. The molecule has 0 saturated carbocycles. The summed E-state index contributed by atoms with van der Waals surface area (Å²) in [7, 11) is 0. The van der Waals surface area contributed by atoms with Crippen molar-refractivity contribution in [3.63, 3.8) is 0 Å². The van der Waals surface area contributed by atoms with Crippen molar-refractivity contribution in [2.45, 2.75) is 51.0 Å². The number of hydrogen-bond acceptors (Lipinski definition) is 2. The Balaban J connectivity index is 2.36. The van der Waals surface area contributed by atoms with Crippen LogP contribution in [0, 0.1) is 12.3 Å². The lowest BCUT2D eigenvalue weighted by atomic mass is 9.89. The van der Waals surface area contributed by atoms with Crippen molar-refractivity contribution in [1.29, 1.82) is 0 Å². The molecule has 1 fully saturated rings. The van der Waals surface area contributed by atoms with Crippen LogP contribution in [-0.4, -0.2) is 35.2 Å². The quantitative estimate of drug-likeness (QED) is 0.565. The lowest BCUT2D eigenvalue weighted by Gasteiger charge is -2.26. The molecule has 1 unspecified atom stereocenters. The van der Waals surface area contributed by atoms with Gasteiger partial charge in [0.25, 0.3) is 0 Å². The van der Waals surface area contributed by atoms with Gasteiger partial charge in [-0.05, 0) is 45.2 Å². The third-order valence-corrected chi connectivity index (χ3v) is 3.42. The molecule has 1 aliphatic rings. The fourth-order valence-corrected chi connectivity index (χ4v) is 2.32. The second-order valence-electron chi connectivity index (χ2n) is 4.57. The standard InChI is InChI=1S/C13H23NO/c1-3-5-6-8-13(15)9-7-11-14(4-2)12-10-13/h1,15H,4-12H2,2H3. The average molecular weight is 209 g/mol. The summed E-state index contributed by atoms with van der Waals surface area (Å²) < 4.78 is 0. The molecule has 0 aliphatic carbocycles. The Morgan fingerprint density at radius 3 is 2.87 bits per heavy atom. The molecule has 0 aromatic heterocycles. The highest BCUT2D eigenvalue weighted by Gasteiger charge is 2.28. The summed E-state index contributed by atoms with van der Waals surface area (Å²) >= 11 is 0. The summed E-state index contributed by atoms with van der Waals surface area (Å²) in [5.74, 6) is 2.64. The van der Waals surface area contributed by atoms with Crippen LogP contribution in [0.3, 0.4) is 0 Å². The van der Waals surface area contributed by atoms with E-state index in [2.05, 4.69) is 17.7 Å². The highest BCUT2D eigenvalue weighted by atomic mass is 16.3. The lowest BCUT2D eigenvalue weighted by molar-refractivity contribution is 0.0156. The fourth-order valence-electron chi connectivity index (χ4n) is 2.32. The van der Waals surface area contributed by atoms with Gasteiger partial charge in [-0.1, -0.05) is 6.92 Å². The predicted octanol–water partition coefficient (Wildman–Crippen LogP) is 2.03. The highest BCUT2D eigenvalue weighted by molar-refractivity contribution is 4.87. The summed E-state index contributed by atoms with van der Waals surface area (Å²) in [4.78, 5) is 2.42. The largest absolute Gasteiger partial charge is 0.390 e. The van der Waals surface area contributed by atoms with Gasteiger partial charge in [0.1, 0.15) is 0 Å². The van der Waals surface area contributed by atoms with Crippen LogP contribution < -0.4 is 0 Å². The minimum Gasteiger partial charge on any atom is -0.390 e. The molecule has 0 bridgehead atoms. The van der Waals surface area contributed by atoms with Gasteiger partial charge in [0.15, 0.2) is 0 Å². The average Bonchev–Trinajstić information content (AvgIpc) is 2.41. The minimum atomic E-state index is -0.444. The summed E-state index contributed by atoms with van der Waals surface area (Å²) in [5.41, 5.74) is -0.444. The van der Waals surface area contributed by atoms with Gasteiger partial charge >= 0.3 is 0 Å². The maximum absolute atomic E-state index is 10.4. The van der Waals surface area contributed by atoms with Crippen LogP contribution in [0.1, 0.15) is 45.4 Å². The Hall–Kier alpha value is -0.520. The molecule has 0 spiro atoms. The predicted molar refractivity (Wildman–Crippen MR) is 63.6 cm³/mol. The SMILES string of the molecule is C#CCCCC1(O)CCCN(CC)CC1. The van der Waals surface area contributed by atoms with Crippen molar-refractivity contribution in [3.05, 3.63) is 0 Å². The van der Waals surface area contributed by atoms with Crippen molar-refractivity contribution >= 4 is 0 Å². The van der Waals surface area contributed by atoms with Gasteiger partial charge in [0.2, 0.25) is 0 Å². The molecule has 2 nitrogen and oxygen atoms in total. The van der Waals surface area contributed by atoms with E-state index in [1.165, 1.54) is 0 Å². The monoisotopic (exact) mass is 209 g/mol. The Bertz CT molecular complexity index is 221. The third kappa shape index (κ3) is 4.24. The zero-order chi connectivity index (χ0) is 11.1. The van der Waals surface area contributed by atoms with Crippen molar-refractivity contribution in [2.24, 2.45) is 0 Å². The number of hydrogen-bond donors (Lipinski definition) is 1. The van der Waals surface area contributed by atoms with Crippen LogP contribution in [-0.2, 0) is 0 Å². The molecule has 2 heteroatoms. The molecular formula is C13H23NO. The van der Waals surface area contributed by atoms with Crippen molar-refractivity contribution in [3.8, 4) is 12.3 Å². The number of rotatable bonds is 4. The van der Waals surface area contributed by atoms with Gasteiger partial charge in [-0.25, -0.2) is 0 Å². The molecule has 1 atom stereocenters. The maximum atomic E-state index is 10.4. The first-order valence-electron chi connectivity index (χ1n) is 6.08. The molecule has 86 valence electrons. The van der Waals surface area contributed by atoms with E-state index in [1.54, 1.807) is 0 Å². The maximum Gasteiger partial charge on any atom is 0.0660 e. The first kappa shape index (κ1) is 12.5. The van der Waals surface area contributed by atoms with E-state index in [4.69, 9.17) is 6.42 Å². The van der Waals surface area contributed by atoms with Crippen molar-refractivity contribution < 1.29 is 5.11 Å². The van der Waals surface area contributed by atoms with Crippen LogP contribution >= 0.6 is 0 Å². The molecule has 15 heavy (non-hydrogen) atoms. The van der Waals surface area contributed by atoms with Crippen LogP contribution in [0.25, 0.3) is 0 Å². The number of nitrogens with zero attached hydrogens (tertiary/aromatic N) is 1. The summed E-state index contributed by atoms with van der Waals surface area (Å²) in [5, 5.41) is 10.4. The number of unbranched alkanes of at least 4 members (excludes halogenated alkanes) is 1. The first-order valence-corrected chi connectivity index (χ1v) is 6.08. The molecule has 0 aromatic carbocycles. The topological polar surface area (TPSA) is 23.5 Å². The lowest BCUT2D eigenvalue weighted by Crippen LogP contribution is -2.31. The molecule has 1 saturated heterocycles. The number of aliphatic hydroxyl groups is 1. The van der Waals surface area contributed by atoms with Gasteiger partial charge in [-0.3, -0.25) is 0 Å². The minimum absolute atomic E-state index is 0.444. The van der Waals surface area contributed by atoms with Gasteiger partial charge in [0.05, 0.1) is 5.60 Å². The van der Waals surface area contributed by atoms with E-state index >= 15 is 0 Å². The fraction of sp³-hybridized carbons (Fsp3) is 0.846. The third-order valence-electron chi connectivity index (χ3n) is 3.42. The second kappa shape index (κ2) is 6.15. The molecule has 1 rings (SSSR count). The van der Waals surface area contributed by atoms with Crippen molar-refractivity contribution in [1.82, 2.24) is 4.90 Å².